The van der Waals surface area contributed by atoms with Crippen LogP contribution in [-0.2, 0) is 0 Å². The molecule has 1 aliphatic heterocycles. The molecule has 37 heavy (non-hydrogen) atoms. The smallest absolute Gasteiger partial charge is 0.0373 e. The standard InChI is InChI=1S/C31H56ClN3.2H2O/c1-23(2)31(22-35-18-16-27(17-19-35)25-8-12-29(32)13-9-25)33-21-24-6-5-7-28(20-24)26-10-14-30(15-11-26)34(3)4;;/h8,23-24,26-31,33H,5-7,9-22H2,1-4H3;2*1H2/t24?,26?,28?,29?,30?,31-;;/m0../s1. The number of piperidine rings is 1. The van der Waals surface area contributed by atoms with E-state index in [4.69, 9.17) is 11.6 Å². The minimum absolute atomic E-state index is 0. The van der Waals surface area contributed by atoms with E-state index in [1.807, 2.05) is 0 Å². The molecular formula is C31H60ClN3O2. The molecule has 3 unspecified atom stereocenters. The van der Waals surface area contributed by atoms with Gasteiger partial charge in [0.2, 0.25) is 0 Å². The maximum atomic E-state index is 6.32. The van der Waals surface area contributed by atoms with Gasteiger partial charge in [0.25, 0.3) is 0 Å². The molecule has 0 aromatic heterocycles. The highest BCUT2D eigenvalue weighted by molar-refractivity contribution is 6.20. The van der Waals surface area contributed by atoms with E-state index in [0.717, 1.165) is 36.1 Å². The lowest BCUT2D eigenvalue weighted by atomic mass is 9.69. The van der Waals surface area contributed by atoms with Crippen molar-refractivity contribution in [2.24, 2.45) is 29.6 Å². The van der Waals surface area contributed by atoms with E-state index in [9.17, 15) is 0 Å². The van der Waals surface area contributed by atoms with Gasteiger partial charge in [0.1, 0.15) is 0 Å². The zero-order chi connectivity index (χ0) is 24.8. The maximum absolute atomic E-state index is 6.32. The van der Waals surface area contributed by atoms with E-state index in [0.29, 0.717) is 17.3 Å². The Morgan fingerprint density at radius 1 is 0.946 bits per heavy atom. The average molecular weight is 542 g/mol. The van der Waals surface area contributed by atoms with Crippen LogP contribution in [0.5, 0.6) is 0 Å². The van der Waals surface area contributed by atoms with Gasteiger partial charge < -0.3 is 26.1 Å². The molecule has 0 amide bonds. The summed E-state index contributed by atoms with van der Waals surface area (Å²) < 4.78 is 0. The van der Waals surface area contributed by atoms with Crippen LogP contribution in [0.2, 0.25) is 0 Å². The molecule has 5 nitrogen and oxygen atoms in total. The molecule has 3 aliphatic carbocycles. The highest BCUT2D eigenvalue weighted by atomic mass is 35.5. The van der Waals surface area contributed by atoms with Crippen molar-refractivity contribution < 1.29 is 11.0 Å². The molecule has 5 N–H and O–H groups in total. The summed E-state index contributed by atoms with van der Waals surface area (Å²) in [5.41, 5.74) is 1.72. The summed E-state index contributed by atoms with van der Waals surface area (Å²) in [7, 11) is 4.54. The van der Waals surface area contributed by atoms with Crippen molar-refractivity contribution in [1.29, 1.82) is 0 Å². The quantitative estimate of drug-likeness (QED) is 0.317. The second-order valence-corrected chi connectivity index (χ2v) is 13.9. The highest BCUT2D eigenvalue weighted by Crippen LogP contribution is 2.41. The maximum Gasteiger partial charge on any atom is 0.0373 e. The summed E-state index contributed by atoms with van der Waals surface area (Å²) in [5, 5.41) is 4.47. The van der Waals surface area contributed by atoms with Gasteiger partial charge in [-0.1, -0.05) is 38.3 Å². The van der Waals surface area contributed by atoms with Crippen molar-refractivity contribution in [3.63, 3.8) is 0 Å². The number of hydrogen-bond acceptors (Lipinski definition) is 3. The number of allylic oxidation sites excluding steroid dienone is 2. The van der Waals surface area contributed by atoms with Gasteiger partial charge in [-0.25, -0.2) is 0 Å². The molecule has 1 heterocycles. The molecule has 0 aromatic carbocycles. The molecule has 6 heteroatoms. The summed E-state index contributed by atoms with van der Waals surface area (Å²) in [4.78, 5) is 5.22. The number of halogens is 1. The molecule has 0 radical (unpaired) electrons. The van der Waals surface area contributed by atoms with Crippen LogP contribution < -0.4 is 5.32 Å². The van der Waals surface area contributed by atoms with Crippen LogP contribution in [0.15, 0.2) is 11.6 Å². The van der Waals surface area contributed by atoms with Crippen LogP contribution >= 0.6 is 11.6 Å². The van der Waals surface area contributed by atoms with E-state index in [1.54, 1.807) is 5.57 Å². The van der Waals surface area contributed by atoms with Gasteiger partial charge in [-0.3, -0.25) is 0 Å². The van der Waals surface area contributed by atoms with E-state index < -0.39 is 0 Å². The number of hydrogen-bond donors (Lipinski definition) is 1. The van der Waals surface area contributed by atoms with Gasteiger partial charge in [-0.15, -0.1) is 11.6 Å². The molecule has 218 valence electrons. The minimum atomic E-state index is 0. The summed E-state index contributed by atoms with van der Waals surface area (Å²) in [6, 6.07) is 1.47. The molecule has 2 saturated carbocycles. The third-order valence-corrected chi connectivity index (χ3v) is 10.8. The number of nitrogens with zero attached hydrogens (tertiary/aromatic N) is 2. The van der Waals surface area contributed by atoms with Crippen molar-refractivity contribution in [3.05, 3.63) is 11.6 Å². The van der Waals surface area contributed by atoms with Crippen molar-refractivity contribution in [3.8, 4) is 0 Å². The van der Waals surface area contributed by atoms with Crippen molar-refractivity contribution in [2.75, 3.05) is 40.3 Å². The van der Waals surface area contributed by atoms with E-state index in [2.05, 4.69) is 49.1 Å². The Bertz CT molecular complexity index is 657. The molecule has 0 spiro atoms. The largest absolute Gasteiger partial charge is 0.412 e. The second-order valence-electron chi connectivity index (χ2n) is 13.3. The molecule has 3 fully saturated rings. The first-order valence-electron chi connectivity index (χ1n) is 15.3. The monoisotopic (exact) mass is 541 g/mol. The molecule has 4 rings (SSSR count). The number of likely N-dealkylation sites (tertiary alicyclic amines) is 1. The predicted molar refractivity (Wildman–Crippen MR) is 159 cm³/mol. The Morgan fingerprint density at radius 3 is 2.24 bits per heavy atom. The first-order chi connectivity index (χ1) is 16.9. The molecule has 1 saturated heterocycles. The van der Waals surface area contributed by atoms with Crippen molar-refractivity contribution in [1.82, 2.24) is 15.1 Å². The Hall–Kier alpha value is -0.170. The Balaban J connectivity index is 0.00000241. The van der Waals surface area contributed by atoms with Gasteiger partial charge in [0.05, 0.1) is 0 Å². The lowest BCUT2D eigenvalue weighted by molar-refractivity contribution is 0.116. The average Bonchev–Trinajstić information content (AvgIpc) is 2.87. The van der Waals surface area contributed by atoms with E-state index >= 15 is 0 Å². The highest BCUT2D eigenvalue weighted by Gasteiger charge is 2.33. The Labute approximate surface area is 233 Å². The zero-order valence-corrected chi connectivity index (χ0v) is 25.2. The third kappa shape index (κ3) is 9.76. The van der Waals surface area contributed by atoms with Gasteiger partial charge in [-0.2, -0.15) is 0 Å². The molecule has 4 aliphatic rings. The van der Waals surface area contributed by atoms with Crippen LogP contribution in [0.1, 0.15) is 97.3 Å². The SMILES string of the molecule is CC(C)[C@H](CN1CCC(C2=CCC(Cl)CC2)CC1)NCC1CCCC(C2CCC(N(C)C)CC2)C1.O.O. The van der Waals surface area contributed by atoms with Gasteiger partial charge in [0.15, 0.2) is 0 Å². The normalized spacial score (nSPS) is 32.9. The summed E-state index contributed by atoms with van der Waals surface area (Å²) in [6.07, 6.45) is 20.4. The fourth-order valence-corrected chi connectivity index (χ4v) is 8.02. The molecule has 0 aromatic rings. The number of alkyl halides is 1. The van der Waals surface area contributed by atoms with Crippen LogP contribution in [-0.4, -0.2) is 78.5 Å². The van der Waals surface area contributed by atoms with Crippen molar-refractivity contribution in [2.45, 2.75) is 115 Å². The van der Waals surface area contributed by atoms with Gasteiger partial charge in [-0.05, 0) is 134 Å². The number of rotatable bonds is 9. The Morgan fingerprint density at radius 2 is 1.65 bits per heavy atom. The van der Waals surface area contributed by atoms with E-state index in [-0.39, 0.29) is 11.0 Å². The summed E-state index contributed by atoms with van der Waals surface area (Å²) >= 11 is 6.32. The molecule has 0 bridgehead atoms. The van der Waals surface area contributed by atoms with Gasteiger partial charge >= 0.3 is 0 Å². The third-order valence-electron chi connectivity index (χ3n) is 10.4. The first-order valence-corrected chi connectivity index (χ1v) is 15.8. The van der Waals surface area contributed by atoms with Crippen LogP contribution in [0.4, 0.5) is 0 Å². The summed E-state index contributed by atoms with van der Waals surface area (Å²) in [6.45, 7) is 9.88. The predicted octanol–water partition coefficient (Wildman–Crippen LogP) is 5.31. The fraction of sp³-hybridized carbons (Fsp3) is 0.935. The van der Waals surface area contributed by atoms with E-state index in [1.165, 1.54) is 103 Å². The van der Waals surface area contributed by atoms with Crippen molar-refractivity contribution >= 4 is 11.6 Å². The zero-order valence-electron chi connectivity index (χ0n) is 24.5. The van der Waals surface area contributed by atoms with Crippen LogP contribution in [0, 0.1) is 29.6 Å². The topological polar surface area (TPSA) is 81.5 Å². The molecular weight excluding hydrogens is 482 g/mol. The summed E-state index contributed by atoms with van der Waals surface area (Å²) in [5.74, 6) is 4.43. The van der Waals surface area contributed by atoms with Crippen LogP contribution in [0.25, 0.3) is 0 Å². The molecule has 4 atom stereocenters. The lowest BCUT2D eigenvalue weighted by Gasteiger charge is -2.40. The lowest BCUT2D eigenvalue weighted by Crippen LogP contribution is -2.48. The first kappa shape index (κ1) is 33.0. The fourth-order valence-electron chi connectivity index (χ4n) is 7.82. The van der Waals surface area contributed by atoms with Crippen LogP contribution in [0.3, 0.4) is 0 Å². The second kappa shape index (κ2) is 16.2. The Kier molecular flexibility index (Phi) is 14.4. The minimum Gasteiger partial charge on any atom is -0.412 e. The van der Waals surface area contributed by atoms with Gasteiger partial charge in [0, 0.05) is 24.0 Å². The number of nitrogens with one attached hydrogen (secondary N) is 1.